The molecule has 0 aliphatic heterocycles. The molecule has 0 aliphatic carbocycles. The number of nitro benzene ring substituents is 1. The fraction of sp³-hybridized carbons (Fsp3) is 0.0526. The Balaban J connectivity index is 1.93. The molecule has 14 heteroatoms. The van der Waals surface area contributed by atoms with Crippen molar-refractivity contribution >= 4 is 56.2 Å². The van der Waals surface area contributed by atoms with E-state index in [0.717, 1.165) is 30.3 Å². The van der Waals surface area contributed by atoms with E-state index in [1.807, 2.05) is 0 Å². The Hall–Kier alpha value is -2.73. The van der Waals surface area contributed by atoms with Crippen molar-refractivity contribution in [3.05, 3.63) is 85.3 Å². The second-order valence-electron chi connectivity index (χ2n) is 6.36. The molecular weight excluding hydrogens is 532 g/mol. The summed E-state index contributed by atoms with van der Waals surface area (Å²) < 4.78 is 72.7. The monoisotopic (exact) mass is 540 g/mol. The van der Waals surface area contributed by atoms with Gasteiger partial charge in [-0.25, -0.2) is 8.42 Å². The molecule has 0 aromatic heterocycles. The summed E-state index contributed by atoms with van der Waals surface area (Å²) in [5, 5.41) is 10.8. The van der Waals surface area contributed by atoms with Gasteiger partial charge in [-0.15, -0.1) is 0 Å². The lowest BCUT2D eigenvalue weighted by Crippen LogP contribution is -2.13. The summed E-state index contributed by atoms with van der Waals surface area (Å²) in [6.45, 7) is 0. The molecule has 0 saturated carbocycles. The second-order valence-corrected chi connectivity index (χ2v) is 9.29. The first kappa shape index (κ1) is 24.9. The third-order valence-corrected chi connectivity index (χ3v) is 6.31. The Labute approximate surface area is 199 Å². The first-order valence-electron chi connectivity index (χ1n) is 8.59. The highest BCUT2D eigenvalue weighted by atomic mass is 35.5. The molecule has 33 heavy (non-hydrogen) atoms. The molecule has 174 valence electrons. The lowest BCUT2D eigenvalue weighted by molar-refractivity contribution is -0.385. The largest absolute Gasteiger partial charge is 0.455 e. The molecule has 0 bridgehead atoms. The van der Waals surface area contributed by atoms with Gasteiger partial charge < -0.3 is 4.74 Å². The first-order valence-corrected chi connectivity index (χ1v) is 11.2. The minimum absolute atomic E-state index is 0.00122. The molecule has 0 spiro atoms. The van der Waals surface area contributed by atoms with Crippen LogP contribution in [0.5, 0.6) is 11.5 Å². The van der Waals surface area contributed by atoms with Crippen LogP contribution in [-0.2, 0) is 16.2 Å². The van der Waals surface area contributed by atoms with Crippen LogP contribution in [0.3, 0.4) is 0 Å². The highest BCUT2D eigenvalue weighted by Gasteiger charge is 2.36. The van der Waals surface area contributed by atoms with Crippen LogP contribution in [0, 0.1) is 10.1 Å². The van der Waals surface area contributed by atoms with Gasteiger partial charge in [0.2, 0.25) is 0 Å². The first-order chi connectivity index (χ1) is 15.3. The van der Waals surface area contributed by atoms with Crippen molar-refractivity contribution in [2.75, 3.05) is 4.72 Å². The number of nitro groups is 1. The summed E-state index contributed by atoms with van der Waals surface area (Å²) in [5.41, 5.74) is -2.18. The van der Waals surface area contributed by atoms with Crippen LogP contribution in [0.25, 0.3) is 0 Å². The zero-order valence-electron chi connectivity index (χ0n) is 15.9. The lowest BCUT2D eigenvalue weighted by atomic mass is 10.1. The number of ether oxygens (including phenoxy) is 1. The summed E-state index contributed by atoms with van der Waals surface area (Å²) in [7, 11) is -4.20. The van der Waals surface area contributed by atoms with Gasteiger partial charge in [-0.05, 0) is 42.5 Å². The minimum Gasteiger partial charge on any atom is -0.455 e. The van der Waals surface area contributed by atoms with Crippen LogP contribution in [-0.4, -0.2) is 13.3 Å². The quantitative estimate of drug-likeness (QED) is 0.264. The van der Waals surface area contributed by atoms with Crippen molar-refractivity contribution in [1.82, 2.24) is 0 Å². The Morgan fingerprint density at radius 3 is 2.18 bits per heavy atom. The van der Waals surface area contributed by atoms with E-state index in [1.54, 1.807) is 0 Å². The van der Waals surface area contributed by atoms with Crippen LogP contribution in [0.2, 0.25) is 15.1 Å². The number of nitrogens with zero attached hydrogens (tertiary/aromatic N) is 1. The van der Waals surface area contributed by atoms with Crippen LogP contribution in [0.4, 0.5) is 24.5 Å². The molecule has 0 saturated heterocycles. The van der Waals surface area contributed by atoms with Crippen LogP contribution < -0.4 is 9.46 Å². The molecule has 0 radical (unpaired) electrons. The van der Waals surface area contributed by atoms with E-state index in [9.17, 15) is 31.7 Å². The number of halogens is 6. The number of hydrogen-bond acceptors (Lipinski definition) is 5. The molecule has 0 aliphatic rings. The second kappa shape index (κ2) is 9.26. The van der Waals surface area contributed by atoms with Crippen molar-refractivity contribution in [1.29, 1.82) is 0 Å². The van der Waals surface area contributed by atoms with E-state index in [1.165, 1.54) is 18.2 Å². The summed E-state index contributed by atoms with van der Waals surface area (Å²) in [5.74, 6) is -1.06. The molecule has 3 rings (SSSR count). The van der Waals surface area contributed by atoms with Gasteiger partial charge in [0, 0.05) is 17.2 Å². The third kappa shape index (κ3) is 5.80. The topological polar surface area (TPSA) is 98.5 Å². The van der Waals surface area contributed by atoms with Gasteiger partial charge in [-0.2, -0.15) is 13.2 Å². The Bertz CT molecular complexity index is 1350. The van der Waals surface area contributed by atoms with Crippen molar-refractivity contribution < 1.29 is 31.2 Å². The van der Waals surface area contributed by atoms with E-state index < -0.39 is 38.1 Å². The Morgan fingerprint density at radius 1 is 0.909 bits per heavy atom. The van der Waals surface area contributed by atoms with E-state index in [2.05, 4.69) is 4.72 Å². The fourth-order valence-electron chi connectivity index (χ4n) is 2.57. The predicted molar refractivity (Wildman–Crippen MR) is 117 cm³/mol. The normalized spacial score (nSPS) is 11.8. The number of rotatable bonds is 6. The Kier molecular flexibility index (Phi) is 6.99. The molecule has 0 unspecified atom stereocenters. The third-order valence-electron chi connectivity index (χ3n) is 4.09. The zero-order chi connectivity index (χ0) is 24.6. The maximum absolute atomic E-state index is 13.3. The van der Waals surface area contributed by atoms with E-state index in [0.29, 0.717) is 6.07 Å². The van der Waals surface area contributed by atoms with E-state index >= 15 is 0 Å². The Morgan fingerprint density at radius 2 is 1.58 bits per heavy atom. The molecule has 0 amide bonds. The average molecular weight is 542 g/mol. The van der Waals surface area contributed by atoms with Gasteiger partial charge in [0.25, 0.3) is 15.7 Å². The standard InChI is InChI=1S/C19H10Cl3F3N2O5S/c20-10-1-4-14(21)16(7-10)26-33(30,31)12-3-6-18(15(22)9-12)32-17-5-2-11(27(28)29)8-13(17)19(23,24)25/h1-9,26H. The molecule has 7 nitrogen and oxygen atoms in total. The summed E-state index contributed by atoms with van der Waals surface area (Å²) in [6.07, 6.45) is -4.96. The van der Waals surface area contributed by atoms with E-state index in [4.69, 9.17) is 39.5 Å². The average Bonchev–Trinajstić information content (AvgIpc) is 2.71. The molecule has 1 N–H and O–H groups in total. The summed E-state index contributed by atoms with van der Waals surface area (Å²) in [6, 6.07) is 9.08. The van der Waals surface area contributed by atoms with Gasteiger partial charge in [0.15, 0.2) is 0 Å². The fourth-order valence-corrected chi connectivity index (χ4v) is 4.34. The maximum atomic E-state index is 13.3. The number of sulfonamides is 1. The smallest absolute Gasteiger partial charge is 0.420 e. The number of nitrogens with one attached hydrogen (secondary N) is 1. The van der Waals surface area contributed by atoms with Crippen LogP contribution in [0.15, 0.2) is 59.5 Å². The molecule has 3 aromatic rings. The molecule has 3 aromatic carbocycles. The zero-order valence-corrected chi connectivity index (χ0v) is 18.9. The number of hydrogen-bond donors (Lipinski definition) is 1. The van der Waals surface area contributed by atoms with Gasteiger partial charge in [0.1, 0.15) is 17.1 Å². The number of non-ortho nitro benzene ring substituents is 1. The predicted octanol–water partition coefficient (Wildman–Crippen LogP) is 7.17. The van der Waals surface area contributed by atoms with Gasteiger partial charge in [0.05, 0.1) is 25.6 Å². The number of anilines is 1. The van der Waals surface area contributed by atoms with Crippen molar-refractivity contribution in [3.8, 4) is 11.5 Å². The van der Waals surface area contributed by atoms with Crippen molar-refractivity contribution in [2.45, 2.75) is 11.1 Å². The molecule has 0 heterocycles. The number of alkyl halides is 3. The van der Waals surface area contributed by atoms with Gasteiger partial charge >= 0.3 is 6.18 Å². The van der Waals surface area contributed by atoms with Crippen LogP contribution >= 0.6 is 34.8 Å². The molecule has 0 atom stereocenters. The summed E-state index contributed by atoms with van der Waals surface area (Å²) in [4.78, 5) is 9.49. The van der Waals surface area contributed by atoms with Crippen molar-refractivity contribution in [2.24, 2.45) is 0 Å². The lowest BCUT2D eigenvalue weighted by Gasteiger charge is -2.15. The minimum atomic E-state index is -4.96. The van der Waals surface area contributed by atoms with Crippen LogP contribution in [0.1, 0.15) is 5.56 Å². The van der Waals surface area contributed by atoms with Crippen molar-refractivity contribution in [3.63, 3.8) is 0 Å². The highest BCUT2D eigenvalue weighted by molar-refractivity contribution is 7.92. The molecular formula is C19H10Cl3F3N2O5S. The van der Waals surface area contributed by atoms with Gasteiger partial charge in [-0.1, -0.05) is 34.8 Å². The SMILES string of the molecule is O=[N+]([O-])c1ccc(Oc2ccc(S(=O)(=O)Nc3cc(Cl)ccc3Cl)cc2Cl)c(C(F)(F)F)c1. The maximum Gasteiger partial charge on any atom is 0.420 e. The number of benzene rings is 3. The molecule has 0 fully saturated rings. The highest BCUT2D eigenvalue weighted by Crippen LogP contribution is 2.41. The van der Waals surface area contributed by atoms with E-state index in [-0.39, 0.29) is 31.4 Å². The van der Waals surface area contributed by atoms with Gasteiger partial charge in [-0.3, -0.25) is 14.8 Å². The summed E-state index contributed by atoms with van der Waals surface area (Å²) >= 11 is 17.8.